The Morgan fingerprint density at radius 3 is 2.61 bits per heavy atom. The van der Waals surface area contributed by atoms with Crippen molar-refractivity contribution in [3.8, 4) is 22.8 Å². The predicted octanol–water partition coefficient (Wildman–Crippen LogP) is 6.82. The van der Waals surface area contributed by atoms with E-state index in [1.807, 2.05) is 6.07 Å². The largest absolute Gasteiger partial charge is 0.449 e. The van der Waals surface area contributed by atoms with E-state index >= 15 is 0 Å². The maximum Gasteiger partial charge on any atom is 0.257 e. The van der Waals surface area contributed by atoms with Crippen molar-refractivity contribution in [2.45, 2.75) is 40.7 Å². The minimum absolute atomic E-state index is 0.304. The fourth-order valence-electron chi connectivity index (χ4n) is 5.07. The first-order valence-corrected chi connectivity index (χ1v) is 10.9. The first kappa shape index (κ1) is 19.6. The molecule has 1 aromatic heterocycles. The predicted molar refractivity (Wildman–Crippen MR) is 126 cm³/mol. The molecular formula is C28H27N2O+. The highest BCUT2D eigenvalue weighted by Crippen LogP contribution is 2.50. The molecule has 3 heteroatoms. The topological polar surface area (TPSA) is 17.5 Å². The van der Waals surface area contributed by atoms with E-state index in [0.717, 1.165) is 40.1 Å². The number of ether oxygens (including phenoxy) is 1. The highest BCUT2D eigenvalue weighted by molar-refractivity contribution is 6.06. The molecule has 4 aromatic rings. The highest BCUT2D eigenvalue weighted by atomic mass is 16.5. The Bertz CT molecular complexity index is 1420. The van der Waals surface area contributed by atoms with Gasteiger partial charge in [0.15, 0.2) is 0 Å². The van der Waals surface area contributed by atoms with Gasteiger partial charge in [0.2, 0.25) is 17.8 Å². The number of benzene rings is 3. The van der Waals surface area contributed by atoms with Crippen molar-refractivity contribution in [2.24, 2.45) is 13.0 Å². The summed E-state index contributed by atoms with van der Waals surface area (Å²) in [5, 5.41) is 3.50. The Balaban J connectivity index is 1.96. The Kier molecular flexibility index (Phi) is 4.48. The number of rotatable bonds is 3. The zero-order valence-corrected chi connectivity index (χ0v) is 18.8. The van der Waals surface area contributed by atoms with Gasteiger partial charge in [-0.15, -0.1) is 0 Å². The molecule has 0 fully saturated rings. The molecule has 1 aliphatic heterocycles. The van der Waals surface area contributed by atoms with E-state index in [2.05, 4.69) is 80.6 Å². The number of pyridine rings is 1. The molecule has 0 saturated heterocycles. The number of hydrogen-bond acceptors (Lipinski definition) is 1. The second kappa shape index (κ2) is 7.10. The number of aryl methyl sites for hydroxylation is 2. The molecule has 154 valence electrons. The van der Waals surface area contributed by atoms with Crippen molar-refractivity contribution in [1.82, 2.24) is 0 Å². The van der Waals surface area contributed by atoms with Gasteiger partial charge < -0.3 is 9.58 Å². The summed E-state index contributed by atoms with van der Waals surface area (Å²) in [4.78, 5) is 3.76. The van der Waals surface area contributed by atoms with Crippen LogP contribution in [0, 0.1) is 26.3 Å². The Labute approximate surface area is 183 Å². The van der Waals surface area contributed by atoms with E-state index in [0.29, 0.717) is 12.5 Å². The standard InChI is InChI=1S/C28H27N2O/c1-16(2)11-19-13-20-12-17(3)18(4)25-26(20)24(14-19)31-28-22(15-29-5)21-9-7-8-10-23(21)30(6)27(25)28/h7-10,12-14,16H,11,15H2,1-4,6H3/q+1. The van der Waals surface area contributed by atoms with Crippen molar-refractivity contribution in [3.05, 3.63) is 76.1 Å². The Hall–Kier alpha value is -3.38. The third-order valence-electron chi connectivity index (χ3n) is 6.53. The SMILES string of the molecule is [C-]#[N+]Cc1c2c([n+](C)c3ccccc13)-c1c(C)c(C)cc3cc(CC(C)C)cc(c13)O2. The van der Waals surface area contributed by atoms with Crippen LogP contribution in [-0.2, 0) is 20.0 Å². The molecule has 1 aliphatic rings. The van der Waals surface area contributed by atoms with Crippen LogP contribution < -0.4 is 9.30 Å². The van der Waals surface area contributed by atoms with Crippen LogP contribution in [-0.4, -0.2) is 0 Å². The van der Waals surface area contributed by atoms with E-state index in [-0.39, 0.29) is 0 Å². The van der Waals surface area contributed by atoms with Crippen molar-refractivity contribution < 1.29 is 9.30 Å². The second-order valence-corrected chi connectivity index (χ2v) is 9.13. The summed E-state index contributed by atoms with van der Waals surface area (Å²) < 4.78 is 8.92. The summed E-state index contributed by atoms with van der Waals surface area (Å²) in [6.45, 7) is 16.8. The summed E-state index contributed by atoms with van der Waals surface area (Å²) in [7, 11) is 2.11. The van der Waals surface area contributed by atoms with Crippen LogP contribution in [0.2, 0.25) is 0 Å². The summed E-state index contributed by atoms with van der Waals surface area (Å²) in [6, 6.07) is 15.2. The quantitative estimate of drug-likeness (QED) is 0.237. The zero-order chi connectivity index (χ0) is 21.9. The molecule has 2 heterocycles. The highest BCUT2D eigenvalue weighted by Gasteiger charge is 2.35. The minimum atomic E-state index is 0.304. The van der Waals surface area contributed by atoms with Crippen LogP contribution in [0.3, 0.4) is 0 Å². The van der Waals surface area contributed by atoms with Crippen LogP contribution in [0.1, 0.15) is 36.1 Å². The van der Waals surface area contributed by atoms with Crippen LogP contribution in [0.4, 0.5) is 0 Å². The van der Waals surface area contributed by atoms with Gasteiger partial charge in [0.1, 0.15) is 12.8 Å². The molecular weight excluding hydrogens is 380 g/mol. The zero-order valence-electron chi connectivity index (χ0n) is 18.8. The lowest BCUT2D eigenvalue weighted by Gasteiger charge is -2.24. The lowest BCUT2D eigenvalue weighted by Crippen LogP contribution is -2.34. The van der Waals surface area contributed by atoms with E-state index in [4.69, 9.17) is 11.3 Å². The molecule has 3 aromatic carbocycles. The average Bonchev–Trinajstić information content (AvgIpc) is 2.73. The van der Waals surface area contributed by atoms with Gasteiger partial charge in [0.25, 0.3) is 5.69 Å². The van der Waals surface area contributed by atoms with Crippen molar-refractivity contribution >= 4 is 21.7 Å². The number of nitrogens with zero attached hydrogens (tertiary/aromatic N) is 2. The van der Waals surface area contributed by atoms with Crippen molar-refractivity contribution in [1.29, 1.82) is 0 Å². The molecule has 0 bridgehead atoms. The maximum absolute atomic E-state index is 7.60. The molecule has 0 unspecified atom stereocenters. The van der Waals surface area contributed by atoms with Crippen molar-refractivity contribution in [2.75, 3.05) is 0 Å². The Morgan fingerprint density at radius 2 is 1.87 bits per heavy atom. The van der Waals surface area contributed by atoms with Gasteiger partial charge in [-0.1, -0.05) is 38.1 Å². The van der Waals surface area contributed by atoms with Gasteiger partial charge in [-0.05, 0) is 60.4 Å². The Morgan fingerprint density at radius 1 is 1.10 bits per heavy atom. The minimum Gasteiger partial charge on any atom is -0.449 e. The molecule has 0 radical (unpaired) electrons. The summed E-state index contributed by atoms with van der Waals surface area (Å²) in [5.41, 5.74) is 8.27. The number of para-hydroxylation sites is 1. The summed E-state index contributed by atoms with van der Waals surface area (Å²) >= 11 is 0. The summed E-state index contributed by atoms with van der Waals surface area (Å²) in [6.07, 6.45) is 1.02. The smallest absolute Gasteiger partial charge is 0.257 e. The third kappa shape index (κ3) is 2.90. The molecule has 0 aliphatic carbocycles. The normalized spacial score (nSPS) is 12.2. The van der Waals surface area contributed by atoms with Gasteiger partial charge in [0.05, 0.1) is 16.5 Å². The van der Waals surface area contributed by atoms with Crippen LogP contribution >= 0.6 is 0 Å². The van der Waals surface area contributed by atoms with Gasteiger partial charge in [-0.2, -0.15) is 4.57 Å². The molecule has 0 amide bonds. The van der Waals surface area contributed by atoms with Gasteiger partial charge >= 0.3 is 0 Å². The number of fused-ring (bicyclic) bond motifs is 3. The van der Waals surface area contributed by atoms with E-state index in [1.54, 1.807) is 0 Å². The maximum atomic E-state index is 7.60. The average molecular weight is 408 g/mol. The molecule has 31 heavy (non-hydrogen) atoms. The van der Waals surface area contributed by atoms with Crippen molar-refractivity contribution in [3.63, 3.8) is 0 Å². The third-order valence-corrected chi connectivity index (χ3v) is 6.53. The lowest BCUT2D eigenvalue weighted by atomic mass is 9.87. The fourth-order valence-corrected chi connectivity index (χ4v) is 5.07. The lowest BCUT2D eigenvalue weighted by molar-refractivity contribution is -0.633. The van der Waals surface area contributed by atoms with Gasteiger partial charge in [-0.25, -0.2) is 6.57 Å². The first-order valence-electron chi connectivity index (χ1n) is 10.9. The fraction of sp³-hybridized carbons (Fsp3) is 0.286. The van der Waals surface area contributed by atoms with Crippen LogP contribution in [0.25, 0.3) is 37.8 Å². The molecule has 0 N–H and O–H groups in total. The summed E-state index contributed by atoms with van der Waals surface area (Å²) in [5.74, 6) is 2.33. The monoisotopic (exact) mass is 407 g/mol. The molecule has 3 nitrogen and oxygen atoms in total. The van der Waals surface area contributed by atoms with Crippen LogP contribution in [0.5, 0.6) is 11.5 Å². The van der Waals surface area contributed by atoms with Gasteiger partial charge in [-0.3, -0.25) is 0 Å². The van der Waals surface area contributed by atoms with Gasteiger partial charge in [0, 0.05) is 11.5 Å². The molecule has 0 spiro atoms. The number of hydrogen-bond donors (Lipinski definition) is 0. The molecule has 5 rings (SSSR count). The second-order valence-electron chi connectivity index (χ2n) is 9.13. The molecule has 0 saturated carbocycles. The first-order chi connectivity index (χ1) is 14.9. The van der Waals surface area contributed by atoms with E-state index in [9.17, 15) is 0 Å². The molecule has 0 atom stereocenters. The van der Waals surface area contributed by atoms with E-state index in [1.165, 1.54) is 33.0 Å². The number of aromatic nitrogens is 1. The van der Waals surface area contributed by atoms with E-state index < -0.39 is 0 Å². The van der Waals surface area contributed by atoms with Crippen LogP contribution in [0.15, 0.2) is 42.5 Å².